The molecule has 3 amide bonds. The smallest absolute Gasteiger partial charge is 0.326 e. The van der Waals surface area contributed by atoms with Crippen LogP contribution in [0, 0.1) is 5.92 Å². The van der Waals surface area contributed by atoms with Gasteiger partial charge in [0.1, 0.15) is 24.2 Å². The van der Waals surface area contributed by atoms with Gasteiger partial charge >= 0.3 is 11.9 Å². The number of carbonyl (C=O) groups excluding carboxylic acids is 3. The normalized spacial score (nSPS) is 15.1. The number of carboxylic acids is 2. The first-order valence-corrected chi connectivity index (χ1v) is 11.3. The van der Waals surface area contributed by atoms with Crippen LogP contribution in [0.1, 0.15) is 38.7 Å². The van der Waals surface area contributed by atoms with Crippen molar-refractivity contribution >= 4 is 29.7 Å². The number of aliphatic carboxylic acids is 2. The lowest BCUT2D eigenvalue weighted by Crippen LogP contribution is -2.59. The number of hydrogen-bond donors (Lipinski definition) is 7. The van der Waals surface area contributed by atoms with Crippen LogP contribution < -0.4 is 21.7 Å². The number of benzene rings is 1. The molecule has 8 N–H and O–H groups in total. The Hall–Kier alpha value is -3.51. The Morgan fingerprint density at radius 2 is 1.51 bits per heavy atom. The number of rotatable bonds is 15. The molecule has 35 heavy (non-hydrogen) atoms. The average Bonchev–Trinajstić information content (AvgIpc) is 2.83. The molecule has 0 fully saturated rings. The van der Waals surface area contributed by atoms with Crippen LogP contribution in [0.3, 0.4) is 0 Å². The van der Waals surface area contributed by atoms with Gasteiger partial charge in [-0.05, 0) is 17.9 Å². The zero-order chi connectivity index (χ0) is 26.5. The van der Waals surface area contributed by atoms with Crippen molar-refractivity contribution in [2.24, 2.45) is 11.7 Å². The van der Waals surface area contributed by atoms with E-state index < -0.39 is 72.8 Å². The van der Waals surface area contributed by atoms with Crippen molar-refractivity contribution in [3.05, 3.63) is 35.9 Å². The molecule has 0 saturated heterocycles. The van der Waals surface area contributed by atoms with Crippen LogP contribution in [0.4, 0.5) is 0 Å². The predicted octanol–water partition coefficient (Wildman–Crippen LogP) is -1.00. The minimum atomic E-state index is -1.34. The van der Waals surface area contributed by atoms with Gasteiger partial charge in [-0.25, -0.2) is 4.79 Å². The van der Waals surface area contributed by atoms with E-state index in [1.807, 2.05) is 0 Å². The molecule has 1 aromatic rings. The third-order valence-electron chi connectivity index (χ3n) is 5.50. The van der Waals surface area contributed by atoms with Gasteiger partial charge in [0.05, 0.1) is 6.61 Å². The zero-order valence-corrected chi connectivity index (χ0v) is 19.8. The molecule has 1 aromatic carbocycles. The molecular formula is C23H34N4O8. The number of carbonyl (C=O) groups is 5. The monoisotopic (exact) mass is 494 g/mol. The quantitative estimate of drug-likeness (QED) is 0.159. The van der Waals surface area contributed by atoms with Crippen molar-refractivity contribution in [1.82, 2.24) is 16.0 Å². The van der Waals surface area contributed by atoms with Crippen molar-refractivity contribution in [1.29, 1.82) is 0 Å². The van der Waals surface area contributed by atoms with Gasteiger partial charge in [0.2, 0.25) is 17.7 Å². The number of amides is 3. The fraction of sp³-hybridized carbons (Fsp3) is 0.522. The molecule has 12 heteroatoms. The minimum absolute atomic E-state index is 0.0272. The summed E-state index contributed by atoms with van der Waals surface area (Å²) < 4.78 is 0. The third kappa shape index (κ3) is 10.1. The topological polar surface area (TPSA) is 208 Å². The van der Waals surface area contributed by atoms with Crippen molar-refractivity contribution in [3.63, 3.8) is 0 Å². The molecular weight excluding hydrogens is 460 g/mol. The predicted molar refractivity (Wildman–Crippen MR) is 125 cm³/mol. The number of carboxylic acid groups (broad SMARTS) is 2. The van der Waals surface area contributed by atoms with Crippen LogP contribution in [0.25, 0.3) is 0 Å². The standard InChI is InChI=1S/C23H34N4O8/c1-3-13(2)19(22(33)26-17(23(34)35)11-14-7-5-4-6-8-14)27-21(32)16(9-10-18(29)30)25-20(31)15(24)12-28/h4-8,13,15-17,19,28H,3,9-12,24H2,1-2H3,(H,25,31)(H,26,33)(H,27,32)(H,29,30)(H,34,35). The highest BCUT2D eigenvalue weighted by Crippen LogP contribution is 2.11. The third-order valence-corrected chi connectivity index (χ3v) is 5.50. The van der Waals surface area contributed by atoms with Crippen LogP contribution in [-0.2, 0) is 30.4 Å². The maximum absolute atomic E-state index is 13.0. The summed E-state index contributed by atoms with van der Waals surface area (Å²) in [6.07, 6.45) is -0.257. The Bertz CT molecular complexity index is 880. The number of nitrogens with one attached hydrogen (secondary N) is 3. The first kappa shape index (κ1) is 29.5. The molecule has 0 aliphatic rings. The van der Waals surface area contributed by atoms with Crippen molar-refractivity contribution in [2.75, 3.05) is 6.61 Å². The van der Waals surface area contributed by atoms with Gasteiger partial charge in [-0.15, -0.1) is 0 Å². The van der Waals surface area contributed by atoms with Crippen LogP contribution in [0.15, 0.2) is 30.3 Å². The molecule has 0 spiro atoms. The van der Waals surface area contributed by atoms with Crippen LogP contribution in [0.5, 0.6) is 0 Å². The van der Waals surface area contributed by atoms with E-state index in [0.717, 1.165) is 0 Å². The van der Waals surface area contributed by atoms with Gasteiger partial charge in [0, 0.05) is 12.8 Å². The van der Waals surface area contributed by atoms with Crippen LogP contribution in [0.2, 0.25) is 0 Å². The maximum Gasteiger partial charge on any atom is 0.326 e. The average molecular weight is 495 g/mol. The van der Waals surface area contributed by atoms with E-state index in [1.165, 1.54) is 0 Å². The summed E-state index contributed by atoms with van der Waals surface area (Å²) >= 11 is 0. The first-order chi connectivity index (χ1) is 16.5. The summed E-state index contributed by atoms with van der Waals surface area (Å²) in [5.41, 5.74) is 6.15. The Morgan fingerprint density at radius 1 is 0.914 bits per heavy atom. The lowest BCUT2D eigenvalue weighted by atomic mass is 9.96. The van der Waals surface area contributed by atoms with Gasteiger partial charge in [0.15, 0.2) is 0 Å². The highest BCUT2D eigenvalue weighted by Gasteiger charge is 2.33. The van der Waals surface area contributed by atoms with Gasteiger partial charge in [-0.3, -0.25) is 19.2 Å². The van der Waals surface area contributed by atoms with Gasteiger partial charge in [0.25, 0.3) is 0 Å². The molecule has 5 unspecified atom stereocenters. The number of hydrogen-bond acceptors (Lipinski definition) is 7. The molecule has 194 valence electrons. The van der Waals surface area contributed by atoms with Crippen LogP contribution >= 0.6 is 0 Å². The van der Waals surface area contributed by atoms with Crippen molar-refractivity contribution in [3.8, 4) is 0 Å². The Kier molecular flexibility index (Phi) is 12.4. The van der Waals surface area contributed by atoms with E-state index >= 15 is 0 Å². The number of aliphatic hydroxyl groups excluding tert-OH is 1. The van der Waals surface area contributed by atoms with Gasteiger partial charge in [-0.1, -0.05) is 50.6 Å². The summed E-state index contributed by atoms with van der Waals surface area (Å²) in [7, 11) is 0. The summed E-state index contributed by atoms with van der Waals surface area (Å²) in [6, 6.07) is 3.65. The first-order valence-electron chi connectivity index (χ1n) is 11.3. The van der Waals surface area contributed by atoms with E-state index in [0.29, 0.717) is 12.0 Å². The molecule has 0 radical (unpaired) electrons. The molecule has 0 aliphatic carbocycles. The Morgan fingerprint density at radius 3 is 2.03 bits per heavy atom. The van der Waals surface area contributed by atoms with E-state index in [9.17, 15) is 29.1 Å². The van der Waals surface area contributed by atoms with E-state index in [1.54, 1.807) is 44.2 Å². The van der Waals surface area contributed by atoms with Crippen molar-refractivity contribution < 1.29 is 39.3 Å². The zero-order valence-electron chi connectivity index (χ0n) is 19.8. The molecule has 5 atom stereocenters. The Balaban J connectivity index is 3.03. The summed E-state index contributed by atoms with van der Waals surface area (Å²) in [5, 5.41) is 34.9. The molecule has 0 saturated carbocycles. The largest absolute Gasteiger partial charge is 0.481 e. The van der Waals surface area contributed by atoms with Gasteiger partial charge in [-0.2, -0.15) is 0 Å². The minimum Gasteiger partial charge on any atom is -0.481 e. The van der Waals surface area contributed by atoms with E-state index in [2.05, 4.69) is 16.0 Å². The van der Waals surface area contributed by atoms with Gasteiger partial charge < -0.3 is 37.0 Å². The van der Waals surface area contributed by atoms with E-state index in [-0.39, 0.29) is 12.8 Å². The summed E-state index contributed by atoms with van der Waals surface area (Å²) in [6.45, 7) is 2.78. The lowest BCUT2D eigenvalue weighted by molar-refractivity contribution is -0.142. The lowest BCUT2D eigenvalue weighted by Gasteiger charge is -2.28. The van der Waals surface area contributed by atoms with Crippen molar-refractivity contribution in [2.45, 2.75) is 63.7 Å². The number of aliphatic hydroxyl groups is 1. The molecule has 0 bridgehead atoms. The second kappa shape index (κ2) is 14.7. The summed E-state index contributed by atoms with van der Waals surface area (Å²) in [4.78, 5) is 60.8. The van der Waals surface area contributed by atoms with E-state index in [4.69, 9.17) is 15.9 Å². The Labute approximate surface area is 203 Å². The highest BCUT2D eigenvalue weighted by molar-refractivity contribution is 5.94. The molecule has 1 rings (SSSR count). The SMILES string of the molecule is CCC(C)C(NC(=O)C(CCC(=O)O)NC(=O)C(N)CO)C(=O)NC(Cc1ccccc1)C(=O)O. The second-order valence-electron chi connectivity index (χ2n) is 8.24. The maximum atomic E-state index is 13.0. The summed E-state index contributed by atoms with van der Waals surface area (Å²) in [5.74, 6) is -5.30. The molecule has 12 nitrogen and oxygen atoms in total. The van der Waals surface area contributed by atoms with Crippen LogP contribution in [-0.4, -0.2) is 75.8 Å². The fourth-order valence-electron chi connectivity index (χ4n) is 3.17. The fourth-order valence-corrected chi connectivity index (χ4v) is 3.17. The second-order valence-corrected chi connectivity index (χ2v) is 8.24. The molecule has 0 aliphatic heterocycles. The number of nitrogens with two attached hydrogens (primary N) is 1. The molecule has 0 aromatic heterocycles. The highest BCUT2D eigenvalue weighted by atomic mass is 16.4. The molecule has 0 heterocycles.